The Morgan fingerprint density at radius 2 is 1.68 bits per heavy atom. The first kappa shape index (κ1) is 25.0. The highest BCUT2D eigenvalue weighted by Gasteiger charge is 2.44. The summed E-state index contributed by atoms with van der Waals surface area (Å²) in [5.41, 5.74) is 4.86. The molecule has 1 saturated heterocycles. The van der Waals surface area contributed by atoms with E-state index in [0.717, 1.165) is 40.6 Å². The summed E-state index contributed by atoms with van der Waals surface area (Å²) in [6.45, 7) is 0.745. The Morgan fingerprint density at radius 3 is 2.40 bits per heavy atom. The first-order chi connectivity index (χ1) is 19.4. The summed E-state index contributed by atoms with van der Waals surface area (Å²) in [4.78, 5) is 50.8. The number of halogens is 1. The van der Waals surface area contributed by atoms with Gasteiger partial charge in [0, 0.05) is 41.4 Å². The third-order valence-electron chi connectivity index (χ3n) is 8.50. The summed E-state index contributed by atoms with van der Waals surface area (Å²) in [6, 6.07) is 12.5. The van der Waals surface area contributed by atoms with E-state index in [1.807, 2.05) is 12.1 Å². The van der Waals surface area contributed by atoms with Crippen molar-refractivity contribution in [3.05, 3.63) is 70.5 Å². The highest BCUT2D eigenvalue weighted by Crippen LogP contribution is 2.46. The molecule has 2 saturated carbocycles. The van der Waals surface area contributed by atoms with Gasteiger partial charge >= 0.3 is 0 Å². The van der Waals surface area contributed by atoms with Crippen molar-refractivity contribution in [2.24, 2.45) is 5.92 Å². The topological polar surface area (TPSA) is 113 Å². The van der Waals surface area contributed by atoms with Crippen LogP contribution >= 0.6 is 11.6 Å². The minimum atomic E-state index is -0.962. The number of fused-ring (bicyclic) bond motifs is 1. The number of benzene rings is 2. The second kappa shape index (κ2) is 9.59. The van der Waals surface area contributed by atoms with Gasteiger partial charge in [-0.05, 0) is 73.9 Å². The van der Waals surface area contributed by atoms with Gasteiger partial charge in [-0.1, -0.05) is 23.7 Å². The molecule has 7 rings (SSSR count). The minimum absolute atomic E-state index is 0.0991. The molecule has 1 atom stereocenters. The summed E-state index contributed by atoms with van der Waals surface area (Å²) < 4.78 is 2.14. The van der Waals surface area contributed by atoms with Gasteiger partial charge in [-0.3, -0.25) is 34.1 Å². The molecule has 40 heavy (non-hydrogen) atoms. The quantitative estimate of drug-likeness (QED) is 0.412. The maximum Gasteiger partial charge on any atom is 0.262 e. The standard InChI is InChI=1S/C30H28ClN5O4/c31-19-5-3-17(4-6-19)24-15-35(34-27(24)18-1-2-18)21-11-16(12-21)14-32-20-7-8-22-23(13-20)30(40)36(29(22)39)25-9-10-26(37)33-28(25)38/h3-8,13,15-16,18,21,25,32H,1-2,9-12,14H2,(H,33,37,38). The van der Waals surface area contributed by atoms with E-state index in [9.17, 15) is 19.2 Å². The van der Waals surface area contributed by atoms with Gasteiger partial charge in [0.2, 0.25) is 11.8 Å². The Kier molecular flexibility index (Phi) is 6.00. The van der Waals surface area contributed by atoms with E-state index < -0.39 is 23.8 Å². The molecule has 0 spiro atoms. The summed E-state index contributed by atoms with van der Waals surface area (Å²) in [7, 11) is 0. The van der Waals surface area contributed by atoms with Crippen LogP contribution in [0.3, 0.4) is 0 Å². The maximum absolute atomic E-state index is 13.1. The van der Waals surface area contributed by atoms with Crippen molar-refractivity contribution in [3.8, 4) is 11.1 Å². The van der Waals surface area contributed by atoms with Gasteiger partial charge in [-0.25, -0.2) is 0 Å². The van der Waals surface area contributed by atoms with Crippen LogP contribution in [-0.2, 0) is 9.59 Å². The van der Waals surface area contributed by atoms with E-state index in [2.05, 4.69) is 33.6 Å². The van der Waals surface area contributed by atoms with Gasteiger partial charge in [0.1, 0.15) is 6.04 Å². The number of anilines is 1. The predicted molar refractivity (Wildman–Crippen MR) is 148 cm³/mol. The van der Waals surface area contributed by atoms with Crippen LogP contribution < -0.4 is 10.6 Å². The van der Waals surface area contributed by atoms with Crippen LogP contribution in [0, 0.1) is 5.92 Å². The zero-order chi connectivity index (χ0) is 27.5. The van der Waals surface area contributed by atoms with Gasteiger partial charge in [0.25, 0.3) is 11.8 Å². The van der Waals surface area contributed by atoms with E-state index in [1.165, 1.54) is 24.1 Å². The lowest BCUT2D eigenvalue weighted by Crippen LogP contribution is -2.54. The van der Waals surface area contributed by atoms with Crippen molar-refractivity contribution in [3.63, 3.8) is 0 Å². The molecule has 204 valence electrons. The van der Waals surface area contributed by atoms with Crippen LogP contribution in [-0.4, -0.2) is 50.9 Å². The number of carbonyl (C=O) groups excluding carboxylic acids is 4. The lowest BCUT2D eigenvalue weighted by Gasteiger charge is -2.35. The lowest BCUT2D eigenvalue weighted by atomic mass is 9.80. The molecule has 9 nitrogen and oxygen atoms in total. The van der Waals surface area contributed by atoms with E-state index in [4.69, 9.17) is 16.7 Å². The number of nitrogens with zero attached hydrogens (tertiary/aromatic N) is 3. The van der Waals surface area contributed by atoms with Gasteiger partial charge in [-0.2, -0.15) is 5.10 Å². The average Bonchev–Trinajstić information content (AvgIpc) is 3.63. The molecule has 4 amide bonds. The zero-order valence-electron chi connectivity index (χ0n) is 21.7. The third kappa shape index (κ3) is 4.38. The molecule has 10 heteroatoms. The van der Waals surface area contributed by atoms with Crippen LogP contribution in [0.2, 0.25) is 5.02 Å². The Hall–Kier alpha value is -3.98. The van der Waals surface area contributed by atoms with Crippen LogP contribution in [0.1, 0.15) is 76.9 Å². The fraction of sp³-hybridized carbons (Fsp3) is 0.367. The third-order valence-corrected chi connectivity index (χ3v) is 8.75. The van der Waals surface area contributed by atoms with Crippen LogP contribution in [0.15, 0.2) is 48.7 Å². The summed E-state index contributed by atoms with van der Waals surface area (Å²) >= 11 is 6.10. The molecule has 2 aromatic carbocycles. The van der Waals surface area contributed by atoms with Crippen LogP contribution in [0.4, 0.5) is 5.69 Å². The van der Waals surface area contributed by atoms with E-state index in [0.29, 0.717) is 17.9 Å². The van der Waals surface area contributed by atoms with Gasteiger partial charge in [-0.15, -0.1) is 0 Å². The van der Waals surface area contributed by atoms with Gasteiger partial charge in [0.05, 0.1) is 22.9 Å². The maximum atomic E-state index is 13.1. The average molecular weight is 558 g/mol. The van der Waals surface area contributed by atoms with Crippen molar-refractivity contribution in [2.45, 2.75) is 56.5 Å². The number of carbonyl (C=O) groups is 4. The Bertz CT molecular complexity index is 1550. The first-order valence-electron chi connectivity index (χ1n) is 13.8. The van der Waals surface area contributed by atoms with Crippen LogP contribution in [0.5, 0.6) is 0 Å². The highest BCUT2D eigenvalue weighted by atomic mass is 35.5. The molecule has 2 aliphatic carbocycles. The fourth-order valence-corrected chi connectivity index (χ4v) is 6.16. The monoisotopic (exact) mass is 557 g/mol. The largest absolute Gasteiger partial charge is 0.385 e. The first-order valence-corrected chi connectivity index (χ1v) is 14.2. The number of piperidine rings is 1. The second-order valence-corrected chi connectivity index (χ2v) is 11.7. The number of imide groups is 2. The molecule has 0 radical (unpaired) electrons. The van der Waals surface area contributed by atoms with E-state index >= 15 is 0 Å². The molecular formula is C30H28ClN5O4. The Balaban J connectivity index is 0.986. The lowest BCUT2D eigenvalue weighted by molar-refractivity contribution is -0.136. The molecule has 3 heterocycles. The molecule has 1 aromatic heterocycles. The summed E-state index contributed by atoms with van der Waals surface area (Å²) in [5.74, 6) is -0.979. The van der Waals surface area contributed by atoms with Crippen molar-refractivity contribution in [2.75, 3.05) is 11.9 Å². The van der Waals surface area contributed by atoms with E-state index in [-0.39, 0.29) is 29.9 Å². The minimum Gasteiger partial charge on any atom is -0.385 e. The molecule has 3 fully saturated rings. The normalized spacial score (nSPS) is 24.1. The molecule has 3 aromatic rings. The van der Waals surface area contributed by atoms with Gasteiger partial charge in [0.15, 0.2) is 0 Å². The van der Waals surface area contributed by atoms with Crippen LogP contribution in [0.25, 0.3) is 11.1 Å². The molecular weight excluding hydrogens is 530 g/mol. The predicted octanol–water partition coefficient (Wildman–Crippen LogP) is 4.55. The fourth-order valence-electron chi connectivity index (χ4n) is 6.03. The van der Waals surface area contributed by atoms with Crippen molar-refractivity contribution < 1.29 is 19.2 Å². The smallest absolute Gasteiger partial charge is 0.262 e. The van der Waals surface area contributed by atoms with Crippen molar-refractivity contribution in [1.82, 2.24) is 20.0 Å². The van der Waals surface area contributed by atoms with Crippen molar-refractivity contribution >= 4 is 40.9 Å². The number of aromatic nitrogens is 2. The zero-order valence-corrected chi connectivity index (χ0v) is 22.5. The number of rotatable bonds is 7. The van der Waals surface area contributed by atoms with Gasteiger partial charge < -0.3 is 5.32 Å². The SMILES string of the molecule is O=C1CCC(N2C(=O)c3ccc(NCC4CC(n5cc(-c6ccc(Cl)cc6)c(C6CC6)n5)C4)cc3C2=O)C(=O)N1. The van der Waals surface area contributed by atoms with Crippen molar-refractivity contribution in [1.29, 1.82) is 0 Å². The molecule has 2 N–H and O–H groups in total. The summed E-state index contributed by atoms with van der Waals surface area (Å²) in [5, 5.41) is 11.4. The number of hydrogen-bond acceptors (Lipinski definition) is 6. The molecule has 1 unspecified atom stereocenters. The molecule has 4 aliphatic rings. The van der Waals surface area contributed by atoms with E-state index in [1.54, 1.807) is 18.2 Å². The number of amides is 4. The molecule has 2 aliphatic heterocycles. The number of nitrogens with one attached hydrogen (secondary N) is 2. The Labute approximate surface area is 235 Å². The Morgan fingerprint density at radius 1 is 0.925 bits per heavy atom. The second-order valence-electron chi connectivity index (χ2n) is 11.3. The summed E-state index contributed by atoms with van der Waals surface area (Å²) in [6.07, 6.45) is 6.81. The highest BCUT2D eigenvalue weighted by molar-refractivity contribution is 6.30. The molecule has 0 bridgehead atoms. The number of hydrogen-bond donors (Lipinski definition) is 2.